The van der Waals surface area contributed by atoms with Crippen molar-refractivity contribution in [1.29, 1.82) is 5.26 Å². The van der Waals surface area contributed by atoms with Crippen molar-refractivity contribution in [2.24, 2.45) is 5.73 Å². The Kier molecular flexibility index (Phi) is 5.93. The maximum Gasteiger partial charge on any atom is 0.315 e. The zero-order valence-electron chi connectivity index (χ0n) is 19.0. The van der Waals surface area contributed by atoms with E-state index in [0.29, 0.717) is 17.1 Å². The molecule has 2 N–H and O–H groups in total. The number of nitrogens with two attached hydrogens (primary N) is 1. The molecule has 0 aliphatic carbocycles. The van der Waals surface area contributed by atoms with Crippen LogP contribution in [0.15, 0.2) is 84.3 Å². The van der Waals surface area contributed by atoms with Gasteiger partial charge in [0.15, 0.2) is 0 Å². The molecule has 0 saturated heterocycles. The largest absolute Gasteiger partial charge is 0.440 e. The highest BCUT2D eigenvalue weighted by Gasteiger charge is 2.31. The molecule has 0 saturated carbocycles. The van der Waals surface area contributed by atoms with Crippen LogP contribution >= 0.6 is 0 Å². The lowest BCUT2D eigenvalue weighted by molar-refractivity contribution is -0.133. The summed E-state index contributed by atoms with van der Waals surface area (Å²) in [5.74, 6) is 0.170. The van der Waals surface area contributed by atoms with Crippen LogP contribution < -0.4 is 15.2 Å². The first kappa shape index (κ1) is 22.2. The van der Waals surface area contributed by atoms with Crippen molar-refractivity contribution in [3.63, 3.8) is 0 Å². The minimum Gasteiger partial charge on any atom is -0.440 e. The van der Waals surface area contributed by atoms with Gasteiger partial charge in [-0.3, -0.25) is 4.79 Å². The van der Waals surface area contributed by atoms with Crippen LogP contribution in [0.2, 0.25) is 0 Å². The molecule has 1 aliphatic rings. The monoisotopic (exact) mass is 438 g/mol. The number of nitriles is 1. The minimum atomic E-state index is -0.368. The molecule has 0 radical (unpaired) electrons. The van der Waals surface area contributed by atoms with Gasteiger partial charge in [-0.1, -0.05) is 81.4 Å². The number of carbonyl (C=O) groups is 1. The Hall–Kier alpha value is -4.04. The van der Waals surface area contributed by atoms with E-state index in [1.807, 2.05) is 48.5 Å². The van der Waals surface area contributed by atoms with Gasteiger partial charge >= 0.3 is 5.97 Å². The fourth-order valence-electron chi connectivity index (χ4n) is 3.95. The maximum absolute atomic E-state index is 12.4. The van der Waals surface area contributed by atoms with Gasteiger partial charge in [-0.05, 0) is 28.2 Å². The first-order valence-electron chi connectivity index (χ1n) is 10.8. The second-order valence-corrected chi connectivity index (χ2v) is 9.13. The van der Waals surface area contributed by atoms with Crippen molar-refractivity contribution < 1.29 is 14.3 Å². The number of ether oxygens (including phenoxy) is 2. The summed E-state index contributed by atoms with van der Waals surface area (Å²) in [5.41, 5.74) is 10.3. The van der Waals surface area contributed by atoms with Crippen molar-refractivity contribution in [1.82, 2.24) is 0 Å². The number of esters is 1. The number of nitrogens with zero attached hydrogens (tertiary/aromatic N) is 1. The van der Waals surface area contributed by atoms with E-state index in [1.54, 1.807) is 12.1 Å². The number of fused-ring (bicyclic) bond motifs is 1. The number of carbonyl (C=O) groups excluding carboxylic acids is 1. The van der Waals surface area contributed by atoms with Gasteiger partial charge in [0.25, 0.3) is 0 Å². The summed E-state index contributed by atoms with van der Waals surface area (Å²) in [7, 11) is 0. The van der Waals surface area contributed by atoms with E-state index in [1.165, 1.54) is 5.56 Å². The molecule has 0 aromatic heterocycles. The van der Waals surface area contributed by atoms with E-state index in [9.17, 15) is 10.1 Å². The highest BCUT2D eigenvalue weighted by Crippen LogP contribution is 2.43. The van der Waals surface area contributed by atoms with Crippen LogP contribution in [0.4, 0.5) is 0 Å². The molecule has 3 aromatic carbocycles. The van der Waals surface area contributed by atoms with E-state index in [-0.39, 0.29) is 29.6 Å². The molecule has 5 nitrogen and oxygen atoms in total. The molecule has 5 heteroatoms. The average molecular weight is 439 g/mol. The van der Waals surface area contributed by atoms with Gasteiger partial charge in [0.2, 0.25) is 5.88 Å². The molecule has 0 spiro atoms. The molecular formula is C28H26N2O3. The SMILES string of the molecule is CC(C)(C)c1ccc(C2C(C#N)=C(N)Oc3cc(OC(=O)Cc4ccccc4)ccc32)cc1. The Morgan fingerprint density at radius 2 is 1.76 bits per heavy atom. The third kappa shape index (κ3) is 4.75. The first-order chi connectivity index (χ1) is 15.8. The Balaban J connectivity index is 1.63. The summed E-state index contributed by atoms with van der Waals surface area (Å²) >= 11 is 0. The van der Waals surface area contributed by atoms with E-state index in [2.05, 4.69) is 39.0 Å². The fraction of sp³-hybridized carbons (Fsp3) is 0.214. The van der Waals surface area contributed by atoms with Crippen LogP contribution in [0.3, 0.4) is 0 Å². The van der Waals surface area contributed by atoms with Crippen LogP contribution in [-0.2, 0) is 16.6 Å². The second-order valence-electron chi connectivity index (χ2n) is 9.13. The quantitative estimate of drug-likeness (QED) is 0.438. The summed E-state index contributed by atoms with van der Waals surface area (Å²) in [6, 6.07) is 25.0. The number of benzene rings is 3. The lowest BCUT2D eigenvalue weighted by Gasteiger charge is -2.27. The van der Waals surface area contributed by atoms with Gasteiger partial charge in [-0.25, -0.2) is 0 Å². The van der Waals surface area contributed by atoms with Crippen LogP contribution in [0, 0.1) is 11.3 Å². The molecule has 166 valence electrons. The molecule has 1 heterocycles. The molecule has 0 amide bonds. The van der Waals surface area contributed by atoms with Crippen LogP contribution in [0.5, 0.6) is 11.5 Å². The summed E-state index contributed by atoms with van der Waals surface area (Å²) in [6.45, 7) is 6.47. The lowest BCUT2D eigenvalue weighted by atomic mass is 9.81. The minimum absolute atomic E-state index is 0.0254. The Morgan fingerprint density at radius 1 is 1.06 bits per heavy atom. The van der Waals surface area contributed by atoms with E-state index in [0.717, 1.165) is 16.7 Å². The van der Waals surface area contributed by atoms with Crippen LogP contribution in [0.1, 0.15) is 48.9 Å². The smallest absolute Gasteiger partial charge is 0.315 e. The summed E-state index contributed by atoms with van der Waals surface area (Å²) in [4.78, 5) is 12.4. The standard InChI is InChI=1S/C28H26N2O3/c1-28(2,3)20-11-9-19(10-12-20)26-22-14-13-21(16-24(22)33-27(30)23(26)17-29)32-25(31)15-18-7-5-4-6-8-18/h4-14,16,26H,15,30H2,1-3H3. The molecule has 3 aromatic rings. The highest BCUT2D eigenvalue weighted by molar-refractivity contribution is 5.75. The summed E-state index contributed by atoms with van der Waals surface area (Å²) in [5, 5.41) is 9.78. The van der Waals surface area contributed by atoms with Crippen molar-refractivity contribution in [2.75, 3.05) is 0 Å². The van der Waals surface area contributed by atoms with Crippen molar-refractivity contribution >= 4 is 5.97 Å². The van der Waals surface area contributed by atoms with Gasteiger partial charge in [0.1, 0.15) is 23.1 Å². The zero-order valence-corrected chi connectivity index (χ0v) is 19.0. The van der Waals surface area contributed by atoms with E-state index < -0.39 is 0 Å². The Bertz CT molecular complexity index is 1250. The molecule has 1 aliphatic heterocycles. The van der Waals surface area contributed by atoms with E-state index in [4.69, 9.17) is 15.2 Å². The maximum atomic E-state index is 12.4. The predicted molar refractivity (Wildman–Crippen MR) is 127 cm³/mol. The lowest BCUT2D eigenvalue weighted by Crippen LogP contribution is -2.21. The molecule has 4 rings (SSSR count). The summed E-state index contributed by atoms with van der Waals surface area (Å²) in [6.07, 6.45) is 0.169. The number of hydrogen-bond acceptors (Lipinski definition) is 5. The number of hydrogen-bond donors (Lipinski definition) is 1. The van der Waals surface area contributed by atoms with E-state index >= 15 is 0 Å². The van der Waals surface area contributed by atoms with Gasteiger partial charge in [0, 0.05) is 11.6 Å². The average Bonchev–Trinajstić information content (AvgIpc) is 2.78. The van der Waals surface area contributed by atoms with Gasteiger partial charge in [0.05, 0.1) is 12.3 Å². The predicted octanol–water partition coefficient (Wildman–Crippen LogP) is 5.35. The Labute approximate surface area is 194 Å². The molecule has 0 fully saturated rings. The van der Waals surface area contributed by atoms with Crippen molar-refractivity contribution in [2.45, 2.75) is 38.5 Å². The Morgan fingerprint density at radius 3 is 2.39 bits per heavy atom. The zero-order chi connectivity index (χ0) is 23.6. The van der Waals surface area contributed by atoms with Crippen molar-refractivity contribution in [3.05, 3.63) is 107 Å². The molecular weight excluding hydrogens is 412 g/mol. The molecule has 0 bridgehead atoms. The number of rotatable bonds is 4. The fourth-order valence-corrected chi connectivity index (χ4v) is 3.95. The molecule has 1 atom stereocenters. The van der Waals surface area contributed by atoms with Crippen LogP contribution in [-0.4, -0.2) is 5.97 Å². The first-order valence-corrected chi connectivity index (χ1v) is 10.8. The highest BCUT2D eigenvalue weighted by atomic mass is 16.5. The normalized spacial score (nSPS) is 15.3. The molecule has 33 heavy (non-hydrogen) atoms. The number of allylic oxidation sites excluding steroid dienone is 1. The van der Waals surface area contributed by atoms with Gasteiger partial charge in [-0.15, -0.1) is 0 Å². The van der Waals surface area contributed by atoms with Gasteiger partial charge < -0.3 is 15.2 Å². The third-order valence-electron chi connectivity index (χ3n) is 5.72. The van der Waals surface area contributed by atoms with Crippen molar-refractivity contribution in [3.8, 4) is 17.6 Å². The third-order valence-corrected chi connectivity index (χ3v) is 5.72. The molecule has 1 unspecified atom stereocenters. The van der Waals surface area contributed by atoms with Gasteiger partial charge in [-0.2, -0.15) is 5.26 Å². The second kappa shape index (κ2) is 8.84. The topological polar surface area (TPSA) is 85.3 Å². The summed E-state index contributed by atoms with van der Waals surface area (Å²) < 4.78 is 11.3. The van der Waals surface area contributed by atoms with Crippen LogP contribution in [0.25, 0.3) is 0 Å².